The molecule has 8 heteroatoms. The van der Waals surface area contributed by atoms with Crippen LogP contribution in [0.4, 0.5) is 0 Å². The monoisotopic (exact) mass is 442 g/mol. The van der Waals surface area contributed by atoms with Gasteiger partial charge in [-0.3, -0.25) is 0 Å². The number of hydrogen-bond donors (Lipinski definition) is 0. The molecule has 0 aliphatic rings. The van der Waals surface area contributed by atoms with Crippen molar-refractivity contribution in [3.05, 3.63) is 51.3 Å². The molecule has 26 heavy (non-hydrogen) atoms. The van der Waals surface area contributed by atoms with E-state index in [-0.39, 0.29) is 4.90 Å². The SMILES string of the molecule is CCOc1ccc(-c2c(-c3ccc(S(C)(=O)=O)cc3Cl)ssc2=S)cc1. The Hall–Kier alpha value is -1.25. The smallest absolute Gasteiger partial charge is 0.175 e. The van der Waals surface area contributed by atoms with Gasteiger partial charge in [-0.1, -0.05) is 62.7 Å². The van der Waals surface area contributed by atoms with E-state index in [1.807, 2.05) is 31.2 Å². The van der Waals surface area contributed by atoms with Gasteiger partial charge in [-0.25, -0.2) is 8.42 Å². The van der Waals surface area contributed by atoms with Crippen LogP contribution in [0.5, 0.6) is 5.75 Å². The van der Waals surface area contributed by atoms with Crippen LogP contribution in [0.2, 0.25) is 5.02 Å². The first-order valence-electron chi connectivity index (χ1n) is 7.67. The summed E-state index contributed by atoms with van der Waals surface area (Å²) in [4.78, 5) is 1.14. The van der Waals surface area contributed by atoms with Crippen LogP contribution < -0.4 is 4.74 Å². The van der Waals surface area contributed by atoms with Crippen molar-refractivity contribution in [2.45, 2.75) is 11.8 Å². The molecule has 0 N–H and O–H groups in total. The average Bonchev–Trinajstić information content (AvgIpc) is 2.96. The van der Waals surface area contributed by atoms with Gasteiger partial charge in [0.05, 0.1) is 21.4 Å². The summed E-state index contributed by atoms with van der Waals surface area (Å²) >= 11 is 11.9. The quantitative estimate of drug-likeness (QED) is 0.342. The van der Waals surface area contributed by atoms with Crippen molar-refractivity contribution in [2.75, 3.05) is 12.9 Å². The van der Waals surface area contributed by atoms with Gasteiger partial charge in [0.15, 0.2) is 9.84 Å². The van der Waals surface area contributed by atoms with Crippen molar-refractivity contribution in [3.8, 4) is 27.3 Å². The van der Waals surface area contributed by atoms with Gasteiger partial charge in [0.25, 0.3) is 0 Å². The van der Waals surface area contributed by atoms with Gasteiger partial charge in [-0.05, 0) is 36.8 Å². The molecular weight excluding hydrogens is 428 g/mol. The van der Waals surface area contributed by atoms with Crippen LogP contribution in [0.25, 0.3) is 21.6 Å². The van der Waals surface area contributed by atoms with E-state index in [0.717, 1.165) is 37.4 Å². The number of ether oxygens (including phenoxy) is 1. The highest BCUT2D eigenvalue weighted by Gasteiger charge is 2.17. The van der Waals surface area contributed by atoms with Crippen LogP contribution in [0.15, 0.2) is 47.4 Å². The normalized spacial score (nSPS) is 11.5. The van der Waals surface area contributed by atoms with Crippen molar-refractivity contribution in [1.29, 1.82) is 0 Å². The summed E-state index contributed by atoms with van der Waals surface area (Å²) in [6.07, 6.45) is 1.16. The lowest BCUT2D eigenvalue weighted by Gasteiger charge is -2.09. The number of benzene rings is 2. The molecule has 0 atom stereocenters. The summed E-state index contributed by atoms with van der Waals surface area (Å²) in [6.45, 7) is 2.55. The molecule has 0 unspecified atom stereocenters. The Bertz CT molecular complexity index is 1100. The molecule has 0 saturated heterocycles. The topological polar surface area (TPSA) is 43.4 Å². The van der Waals surface area contributed by atoms with Gasteiger partial charge < -0.3 is 4.74 Å². The maximum Gasteiger partial charge on any atom is 0.175 e. The van der Waals surface area contributed by atoms with Crippen LogP contribution in [0.1, 0.15) is 6.92 Å². The first-order chi connectivity index (χ1) is 12.3. The maximum absolute atomic E-state index is 11.7. The van der Waals surface area contributed by atoms with Crippen molar-refractivity contribution in [2.24, 2.45) is 0 Å². The summed E-state index contributed by atoms with van der Waals surface area (Å²) in [5.74, 6) is 0.804. The third-order valence-corrected chi connectivity index (χ3v) is 8.17. The zero-order valence-corrected chi connectivity index (χ0v) is 18.0. The minimum absolute atomic E-state index is 0.202. The van der Waals surface area contributed by atoms with E-state index in [1.54, 1.807) is 12.1 Å². The zero-order valence-electron chi connectivity index (χ0n) is 14.0. The van der Waals surface area contributed by atoms with Gasteiger partial charge in [-0.15, -0.1) is 0 Å². The highest BCUT2D eigenvalue weighted by Crippen LogP contribution is 2.44. The molecule has 0 spiro atoms. The second kappa shape index (κ2) is 7.78. The molecule has 0 aliphatic carbocycles. The van der Waals surface area contributed by atoms with E-state index in [1.165, 1.54) is 26.7 Å². The Morgan fingerprint density at radius 1 is 1.12 bits per heavy atom. The fraction of sp³-hybridized carbons (Fsp3) is 0.167. The lowest BCUT2D eigenvalue weighted by molar-refractivity contribution is 0.340. The molecule has 0 radical (unpaired) electrons. The molecule has 1 heterocycles. The van der Waals surface area contributed by atoms with Crippen LogP contribution in [0, 0.1) is 3.82 Å². The lowest BCUT2D eigenvalue weighted by Crippen LogP contribution is -1.97. The predicted molar refractivity (Wildman–Crippen MR) is 113 cm³/mol. The lowest BCUT2D eigenvalue weighted by atomic mass is 10.0. The van der Waals surface area contributed by atoms with Gasteiger partial charge >= 0.3 is 0 Å². The third-order valence-electron chi connectivity index (χ3n) is 3.70. The molecule has 0 saturated carbocycles. The fourth-order valence-corrected chi connectivity index (χ4v) is 6.46. The maximum atomic E-state index is 11.7. The minimum Gasteiger partial charge on any atom is -0.494 e. The van der Waals surface area contributed by atoms with E-state index in [9.17, 15) is 8.42 Å². The minimum atomic E-state index is -3.30. The first kappa shape index (κ1) is 19.5. The number of sulfone groups is 1. The molecule has 0 amide bonds. The van der Waals surface area contributed by atoms with Gasteiger partial charge in [-0.2, -0.15) is 0 Å². The Balaban J connectivity index is 2.10. The van der Waals surface area contributed by atoms with Gasteiger partial charge in [0.2, 0.25) is 0 Å². The largest absolute Gasteiger partial charge is 0.494 e. The molecule has 0 fully saturated rings. The van der Waals surface area contributed by atoms with Gasteiger partial charge in [0, 0.05) is 17.4 Å². The number of hydrogen-bond acceptors (Lipinski definition) is 6. The van der Waals surface area contributed by atoms with Crippen molar-refractivity contribution < 1.29 is 13.2 Å². The van der Waals surface area contributed by atoms with Crippen molar-refractivity contribution in [1.82, 2.24) is 0 Å². The van der Waals surface area contributed by atoms with Crippen LogP contribution >= 0.6 is 44.5 Å². The predicted octanol–water partition coefficient (Wildman–Crippen LogP) is 6.33. The molecule has 3 nitrogen and oxygen atoms in total. The zero-order chi connectivity index (χ0) is 18.9. The van der Waals surface area contributed by atoms with Crippen molar-refractivity contribution in [3.63, 3.8) is 0 Å². The number of rotatable bonds is 5. The molecule has 3 aromatic rings. The van der Waals surface area contributed by atoms with E-state index in [0.29, 0.717) is 11.6 Å². The molecule has 0 aliphatic heterocycles. The second-order valence-electron chi connectivity index (χ2n) is 5.53. The highest BCUT2D eigenvalue weighted by atomic mass is 35.5. The van der Waals surface area contributed by atoms with Crippen LogP contribution in [-0.2, 0) is 9.84 Å². The summed E-state index contributed by atoms with van der Waals surface area (Å²) in [7, 11) is -0.264. The fourth-order valence-electron chi connectivity index (χ4n) is 2.48. The molecule has 0 bridgehead atoms. The Kier molecular flexibility index (Phi) is 5.84. The van der Waals surface area contributed by atoms with Crippen LogP contribution in [-0.4, -0.2) is 21.3 Å². The second-order valence-corrected chi connectivity index (χ2v) is 10.8. The first-order valence-corrected chi connectivity index (χ1v) is 12.5. The molecule has 1 aromatic heterocycles. The van der Waals surface area contributed by atoms with Crippen molar-refractivity contribution >= 4 is 54.3 Å². The van der Waals surface area contributed by atoms with E-state index in [4.69, 9.17) is 28.6 Å². The summed E-state index contributed by atoms with van der Waals surface area (Å²) in [5.41, 5.74) is 2.70. The highest BCUT2D eigenvalue weighted by molar-refractivity contribution is 7.90. The van der Waals surface area contributed by atoms with E-state index >= 15 is 0 Å². The van der Waals surface area contributed by atoms with Crippen LogP contribution in [0.3, 0.4) is 0 Å². The Morgan fingerprint density at radius 3 is 2.38 bits per heavy atom. The summed E-state index contributed by atoms with van der Waals surface area (Å²) < 4.78 is 29.7. The molecule has 2 aromatic carbocycles. The summed E-state index contributed by atoms with van der Waals surface area (Å²) in [5, 5.41) is 0.393. The molecule has 3 rings (SSSR count). The standard InChI is InChI=1S/C18H15ClO3S4/c1-3-22-12-6-4-11(5-7-12)16-17(24-25-18(16)23)14-9-8-13(10-15(14)19)26(2,20)21/h4-10H,3H2,1-2H3. The molecular formula is C18H15ClO3S4. The molecule has 136 valence electrons. The Morgan fingerprint density at radius 2 is 1.81 bits per heavy atom. The Labute approximate surface area is 170 Å². The van der Waals surface area contributed by atoms with E-state index in [2.05, 4.69) is 0 Å². The third kappa shape index (κ3) is 4.02. The van der Waals surface area contributed by atoms with E-state index < -0.39 is 9.84 Å². The van der Waals surface area contributed by atoms with Gasteiger partial charge in [0.1, 0.15) is 9.57 Å². The summed E-state index contributed by atoms with van der Waals surface area (Å²) in [6, 6.07) is 12.6. The number of halogens is 1. The average molecular weight is 443 g/mol.